The fraction of sp³-hybridized carbons (Fsp3) is 0.385. The zero-order chi connectivity index (χ0) is 10.4. The number of rotatable bonds is 4. The minimum Gasteiger partial charge on any atom is -0.489 e. The molecule has 0 bridgehead atoms. The summed E-state index contributed by atoms with van der Waals surface area (Å²) >= 11 is 0. The van der Waals surface area contributed by atoms with E-state index in [4.69, 9.17) is 4.74 Å². The van der Waals surface area contributed by atoms with Gasteiger partial charge in [-0.3, -0.25) is 0 Å². The smallest absolute Gasteiger partial charge is 0.119 e. The lowest BCUT2D eigenvalue weighted by atomic mass is 10.2. The van der Waals surface area contributed by atoms with Gasteiger partial charge in [0.05, 0.1) is 0 Å². The SMILES string of the molecule is C/C=C(\C)COc1ccc(CC)cc1. The van der Waals surface area contributed by atoms with Crippen LogP contribution in [0.1, 0.15) is 26.3 Å². The summed E-state index contributed by atoms with van der Waals surface area (Å²) in [6.07, 6.45) is 3.15. The molecule has 1 aromatic carbocycles. The van der Waals surface area contributed by atoms with Crippen LogP contribution in [0.2, 0.25) is 0 Å². The molecular formula is C13H18O. The highest BCUT2D eigenvalue weighted by Crippen LogP contribution is 2.13. The Hall–Kier alpha value is -1.24. The van der Waals surface area contributed by atoms with Crippen LogP contribution in [-0.4, -0.2) is 6.61 Å². The quantitative estimate of drug-likeness (QED) is 0.659. The molecule has 0 aliphatic rings. The van der Waals surface area contributed by atoms with Crippen molar-refractivity contribution in [2.75, 3.05) is 6.61 Å². The van der Waals surface area contributed by atoms with Gasteiger partial charge in [0.1, 0.15) is 12.4 Å². The molecule has 1 aromatic rings. The summed E-state index contributed by atoms with van der Waals surface area (Å²) in [7, 11) is 0. The Kier molecular flexibility index (Phi) is 4.24. The Morgan fingerprint density at radius 3 is 2.43 bits per heavy atom. The van der Waals surface area contributed by atoms with E-state index in [1.165, 1.54) is 11.1 Å². The number of hydrogen-bond donors (Lipinski definition) is 0. The summed E-state index contributed by atoms with van der Waals surface area (Å²) in [5.41, 5.74) is 2.60. The number of hydrogen-bond acceptors (Lipinski definition) is 1. The Bertz CT molecular complexity index is 296. The maximum absolute atomic E-state index is 5.59. The third-order valence-corrected chi connectivity index (χ3v) is 2.29. The summed E-state index contributed by atoms with van der Waals surface area (Å²) in [6.45, 7) is 6.93. The predicted molar refractivity (Wildman–Crippen MR) is 60.7 cm³/mol. The second kappa shape index (κ2) is 5.48. The van der Waals surface area contributed by atoms with E-state index in [-0.39, 0.29) is 0 Å². The molecule has 0 heterocycles. The first-order valence-electron chi connectivity index (χ1n) is 5.09. The lowest BCUT2D eigenvalue weighted by Gasteiger charge is -2.06. The van der Waals surface area contributed by atoms with Crippen LogP contribution in [0.4, 0.5) is 0 Å². The lowest BCUT2D eigenvalue weighted by molar-refractivity contribution is 0.352. The van der Waals surface area contributed by atoms with Crippen LogP contribution >= 0.6 is 0 Å². The first kappa shape index (κ1) is 10.8. The van der Waals surface area contributed by atoms with Gasteiger partial charge in [-0.2, -0.15) is 0 Å². The molecule has 0 saturated carbocycles. The van der Waals surface area contributed by atoms with Gasteiger partial charge < -0.3 is 4.74 Å². The number of benzene rings is 1. The van der Waals surface area contributed by atoms with Crippen molar-refractivity contribution >= 4 is 0 Å². The van der Waals surface area contributed by atoms with Crippen molar-refractivity contribution < 1.29 is 4.74 Å². The lowest BCUT2D eigenvalue weighted by Crippen LogP contribution is -1.98. The Morgan fingerprint density at radius 2 is 1.93 bits per heavy atom. The maximum atomic E-state index is 5.59. The summed E-state index contributed by atoms with van der Waals surface area (Å²) in [5.74, 6) is 0.948. The molecule has 76 valence electrons. The maximum Gasteiger partial charge on any atom is 0.119 e. The Morgan fingerprint density at radius 1 is 1.29 bits per heavy atom. The average Bonchev–Trinajstić information content (AvgIpc) is 2.26. The Balaban J connectivity index is 2.52. The van der Waals surface area contributed by atoms with Gasteiger partial charge in [-0.05, 0) is 43.5 Å². The van der Waals surface area contributed by atoms with E-state index in [2.05, 4.69) is 32.1 Å². The minimum absolute atomic E-state index is 0.683. The van der Waals surface area contributed by atoms with Gasteiger partial charge in [0.15, 0.2) is 0 Å². The van der Waals surface area contributed by atoms with Gasteiger partial charge in [0.25, 0.3) is 0 Å². The highest BCUT2D eigenvalue weighted by Gasteiger charge is 1.94. The minimum atomic E-state index is 0.683. The van der Waals surface area contributed by atoms with Crippen LogP contribution in [0.15, 0.2) is 35.9 Å². The summed E-state index contributed by atoms with van der Waals surface area (Å²) in [6, 6.07) is 8.28. The van der Waals surface area contributed by atoms with E-state index in [1.807, 2.05) is 19.1 Å². The molecule has 0 unspecified atom stereocenters. The molecule has 0 aromatic heterocycles. The predicted octanol–water partition coefficient (Wildman–Crippen LogP) is 3.59. The molecule has 0 aliphatic heterocycles. The molecular weight excluding hydrogens is 172 g/mol. The molecule has 0 N–H and O–H groups in total. The molecule has 1 rings (SSSR count). The average molecular weight is 190 g/mol. The van der Waals surface area contributed by atoms with E-state index in [0.29, 0.717) is 6.61 Å². The van der Waals surface area contributed by atoms with Crippen molar-refractivity contribution in [3.63, 3.8) is 0 Å². The zero-order valence-corrected chi connectivity index (χ0v) is 9.21. The first-order valence-corrected chi connectivity index (χ1v) is 5.09. The van der Waals surface area contributed by atoms with Crippen LogP contribution in [0.25, 0.3) is 0 Å². The number of aryl methyl sites for hydroxylation is 1. The molecule has 0 fully saturated rings. The molecule has 0 saturated heterocycles. The van der Waals surface area contributed by atoms with Crippen molar-refractivity contribution in [2.24, 2.45) is 0 Å². The highest BCUT2D eigenvalue weighted by molar-refractivity contribution is 5.27. The van der Waals surface area contributed by atoms with Gasteiger partial charge in [0.2, 0.25) is 0 Å². The summed E-state index contributed by atoms with van der Waals surface area (Å²) in [4.78, 5) is 0. The van der Waals surface area contributed by atoms with Crippen molar-refractivity contribution in [1.29, 1.82) is 0 Å². The fourth-order valence-corrected chi connectivity index (χ4v) is 1.10. The van der Waals surface area contributed by atoms with Gasteiger partial charge in [0, 0.05) is 0 Å². The Labute approximate surface area is 86.4 Å². The third kappa shape index (κ3) is 3.25. The fourth-order valence-electron chi connectivity index (χ4n) is 1.10. The molecule has 0 amide bonds. The summed E-state index contributed by atoms with van der Waals surface area (Å²) < 4.78 is 5.59. The molecule has 0 radical (unpaired) electrons. The zero-order valence-electron chi connectivity index (χ0n) is 9.21. The van der Waals surface area contributed by atoms with Gasteiger partial charge in [-0.25, -0.2) is 0 Å². The van der Waals surface area contributed by atoms with Crippen molar-refractivity contribution in [2.45, 2.75) is 27.2 Å². The highest BCUT2D eigenvalue weighted by atomic mass is 16.5. The third-order valence-electron chi connectivity index (χ3n) is 2.29. The van der Waals surface area contributed by atoms with Crippen molar-refractivity contribution in [3.8, 4) is 5.75 Å². The molecule has 1 heteroatoms. The van der Waals surface area contributed by atoms with Crippen molar-refractivity contribution in [1.82, 2.24) is 0 Å². The normalized spacial score (nSPS) is 11.5. The van der Waals surface area contributed by atoms with E-state index in [0.717, 1.165) is 12.2 Å². The van der Waals surface area contributed by atoms with Crippen LogP contribution < -0.4 is 4.74 Å². The van der Waals surface area contributed by atoms with Crippen LogP contribution in [-0.2, 0) is 6.42 Å². The van der Waals surface area contributed by atoms with Crippen LogP contribution in [0.3, 0.4) is 0 Å². The van der Waals surface area contributed by atoms with Gasteiger partial charge >= 0.3 is 0 Å². The van der Waals surface area contributed by atoms with E-state index in [1.54, 1.807) is 0 Å². The molecule has 14 heavy (non-hydrogen) atoms. The monoisotopic (exact) mass is 190 g/mol. The second-order valence-corrected chi connectivity index (χ2v) is 3.42. The number of allylic oxidation sites excluding steroid dienone is 1. The van der Waals surface area contributed by atoms with Gasteiger partial charge in [-0.15, -0.1) is 0 Å². The topological polar surface area (TPSA) is 9.23 Å². The molecule has 0 spiro atoms. The number of ether oxygens (including phenoxy) is 1. The van der Waals surface area contributed by atoms with E-state index in [9.17, 15) is 0 Å². The second-order valence-electron chi connectivity index (χ2n) is 3.42. The summed E-state index contributed by atoms with van der Waals surface area (Å²) in [5, 5.41) is 0. The van der Waals surface area contributed by atoms with E-state index < -0.39 is 0 Å². The standard InChI is InChI=1S/C13H18O/c1-4-11(3)10-14-13-8-6-12(5-2)7-9-13/h4,6-9H,5,10H2,1-3H3/b11-4+. The first-order chi connectivity index (χ1) is 6.76. The molecule has 0 aliphatic carbocycles. The largest absolute Gasteiger partial charge is 0.489 e. The van der Waals surface area contributed by atoms with Crippen molar-refractivity contribution in [3.05, 3.63) is 41.5 Å². The molecule has 0 atom stereocenters. The van der Waals surface area contributed by atoms with Crippen LogP contribution in [0.5, 0.6) is 5.75 Å². The van der Waals surface area contributed by atoms with E-state index >= 15 is 0 Å². The molecule has 1 nitrogen and oxygen atoms in total. The van der Waals surface area contributed by atoms with Gasteiger partial charge in [-0.1, -0.05) is 25.1 Å². The van der Waals surface area contributed by atoms with Crippen LogP contribution in [0, 0.1) is 0 Å².